The van der Waals surface area contributed by atoms with Crippen molar-refractivity contribution in [3.05, 3.63) is 32.3 Å². The summed E-state index contributed by atoms with van der Waals surface area (Å²) in [6, 6.07) is 4.29. The van der Waals surface area contributed by atoms with Gasteiger partial charge >= 0.3 is 0 Å². The first-order valence-electron chi connectivity index (χ1n) is 6.80. The summed E-state index contributed by atoms with van der Waals surface area (Å²) in [6.07, 6.45) is 0. The molecule has 0 bridgehead atoms. The predicted octanol–water partition coefficient (Wildman–Crippen LogP) is 4.21. The highest BCUT2D eigenvalue weighted by molar-refractivity contribution is 9.11. The van der Waals surface area contributed by atoms with E-state index in [-0.39, 0.29) is 12.4 Å². The van der Waals surface area contributed by atoms with Crippen molar-refractivity contribution in [2.45, 2.75) is 13.8 Å². The molecule has 3 rings (SSSR count). The average Bonchev–Trinajstić information content (AvgIpc) is 2.46. The number of hydrogen-bond acceptors (Lipinski definition) is 3. The topological polar surface area (TPSA) is 28.2 Å². The lowest BCUT2D eigenvalue weighted by molar-refractivity contribution is 0.589. The zero-order valence-corrected chi connectivity index (χ0v) is 16.0. The van der Waals surface area contributed by atoms with E-state index < -0.39 is 0 Å². The van der Waals surface area contributed by atoms with Crippen LogP contribution in [-0.2, 0) is 0 Å². The molecule has 1 aromatic heterocycles. The van der Waals surface area contributed by atoms with E-state index in [0.717, 1.165) is 46.3 Å². The van der Waals surface area contributed by atoms with Crippen LogP contribution in [0.25, 0.3) is 10.9 Å². The molecule has 114 valence electrons. The summed E-state index contributed by atoms with van der Waals surface area (Å²) in [6.45, 7) is 8.32. The third-order valence-corrected chi connectivity index (χ3v) is 5.67. The highest BCUT2D eigenvalue weighted by Gasteiger charge is 2.20. The van der Waals surface area contributed by atoms with Crippen LogP contribution < -0.4 is 10.2 Å². The molecule has 0 atom stereocenters. The normalized spacial score (nSPS) is 15.1. The second-order valence-corrected chi connectivity index (χ2v) is 6.81. The molecule has 0 saturated carbocycles. The molecule has 0 radical (unpaired) electrons. The van der Waals surface area contributed by atoms with Gasteiger partial charge in [-0.25, -0.2) is 0 Å². The number of benzene rings is 1. The molecule has 1 aliphatic heterocycles. The fraction of sp³-hybridized carbons (Fsp3) is 0.400. The number of nitrogens with one attached hydrogen (secondary N) is 1. The zero-order valence-electron chi connectivity index (χ0n) is 12.0. The quantitative estimate of drug-likeness (QED) is 0.727. The van der Waals surface area contributed by atoms with E-state index in [1.165, 1.54) is 16.6 Å². The minimum Gasteiger partial charge on any atom is -0.367 e. The van der Waals surface area contributed by atoms with E-state index in [9.17, 15) is 0 Å². The SMILES string of the molecule is Cc1nc2c(C)c(Br)ccc2c(N2CCNCC2)c1Br.Cl. The van der Waals surface area contributed by atoms with Crippen LogP contribution in [0.3, 0.4) is 0 Å². The first kappa shape index (κ1) is 17.0. The number of anilines is 1. The summed E-state index contributed by atoms with van der Waals surface area (Å²) in [7, 11) is 0. The van der Waals surface area contributed by atoms with Crippen LogP contribution in [-0.4, -0.2) is 31.2 Å². The highest BCUT2D eigenvalue weighted by Crippen LogP contribution is 2.38. The van der Waals surface area contributed by atoms with Gasteiger partial charge in [0.2, 0.25) is 0 Å². The fourth-order valence-electron chi connectivity index (χ4n) is 2.71. The Morgan fingerprint density at radius 3 is 2.48 bits per heavy atom. The first-order valence-corrected chi connectivity index (χ1v) is 8.39. The van der Waals surface area contributed by atoms with Crippen LogP contribution in [0.2, 0.25) is 0 Å². The lowest BCUT2D eigenvalue weighted by atomic mass is 10.1. The molecule has 0 unspecified atom stereocenters. The van der Waals surface area contributed by atoms with Crippen LogP contribution in [0.15, 0.2) is 21.1 Å². The third kappa shape index (κ3) is 3.07. The molecular formula is C15H18Br2ClN3. The number of pyridine rings is 1. The van der Waals surface area contributed by atoms with Crippen LogP contribution >= 0.6 is 44.3 Å². The maximum Gasteiger partial charge on any atom is 0.0767 e. The van der Waals surface area contributed by atoms with Crippen LogP contribution in [0.5, 0.6) is 0 Å². The van der Waals surface area contributed by atoms with Crippen LogP contribution in [0.1, 0.15) is 11.3 Å². The van der Waals surface area contributed by atoms with Crippen molar-refractivity contribution >= 4 is 60.9 Å². The van der Waals surface area contributed by atoms with Gasteiger partial charge < -0.3 is 10.2 Å². The largest absolute Gasteiger partial charge is 0.367 e. The summed E-state index contributed by atoms with van der Waals surface area (Å²) < 4.78 is 2.24. The van der Waals surface area contributed by atoms with Crippen molar-refractivity contribution in [3.8, 4) is 0 Å². The molecule has 1 aromatic carbocycles. The molecule has 0 amide bonds. The molecule has 0 aliphatic carbocycles. The lowest BCUT2D eigenvalue weighted by Crippen LogP contribution is -2.43. The van der Waals surface area contributed by atoms with Gasteiger partial charge in [-0.15, -0.1) is 12.4 Å². The smallest absolute Gasteiger partial charge is 0.0767 e. The van der Waals surface area contributed by atoms with Crippen molar-refractivity contribution in [1.29, 1.82) is 0 Å². The van der Waals surface area contributed by atoms with E-state index in [0.29, 0.717) is 0 Å². The average molecular weight is 436 g/mol. The monoisotopic (exact) mass is 433 g/mol. The Labute approximate surface area is 148 Å². The Morgan fingerprint density at radius 1 is 1.14 bits per heavy atom. The molecule has 2 aromatic rings. The number of rotatable bonds is 1. The van der Waals surface area contributed by atoms with Crippen LogP contribution in [0.4, 0.5) is 5.69 Å². The van der Waals surface area contributed by atoms with Gasteiger partial charge in [0.05, 0.1) is 21.4 Å². The van der Waals surface area contributed by atoms with Gasteiger partial charge in [-0.2, -0.15) is 0 Å². The van der Waals surface area contributed by atoms with Gasteiger partial charge in [0.15, 0.2) is 0 Å². The van der Waals surface area contributed by atoms with Gasteiger partial charge in [0.1, 0.15) is 0 Å². The molecule has 6 heteroatoms. The summed E-state index contributed by atoms with van der Waals surface area (Å²) in [5, 5.41) is 4.63. The Bertz CT molecular complexity index is 670. The molecule has 3 nitrogen and oxygen atoms in total. The standard InChI is InChI=1S/C15H17Br2N3.ClH/c1-9-12(16)4-3-11-14(9)19-10(2)13(17)15(11)20-7-5-18-6-8-20;/h3-4,18H,5-8H2,1-2H3;1H. The van der Waals surface area contributed by atoms with Crippen molar-refractivity contribution in [2.75, 3.05) is 31.1 Å². The van der Waals surface area contributed by atoms with E-state index in [4.69, 9.17) is 4.98 Å². The van der Waals surface area contributed by atoms with Gasteiger partial charge in [0.25, 0.3) is 0 Å². The van der Waals surface area contributed by atoms with Crippen LogP contribution in [0, 0.1) is 13.8 Å². The third-order valence-electron chi connectivity index (χ3n) is 3.86. The Hall–Kier alpha value is -0.360. The molecule has 21 heavy (non-hydrogen) atoms. The highest BCUT2D eigenvalue weighted by atomic mass is 79.9. The molecule has 2 heterocycles. The number of hydrogen-bond donors (Lipinski definition) is 1. The number of fused-ring (bicyclic) bond motifs is 1. The summed E-state index contributed by atoms with van der Waals surface area (Å²) >= 11 is 7.35. The fourth-order valence-corrected chi connectivity index (χ4v) is 3.59. The van der Waals surface area contributed by atoms with Gasteiger partial charge in [-0.05, 0) is 47.5 Å². The summed E-state index contributed by atoms with van der Waals surface area (Å²) in [5.41, 5.74) is 4.62. The van der Waals surface area contributed by atoms with E-state index in [1.807, 2.05) is 0 Å². The second-order valence-electron chi connectivity index (χ2n) is 5.17. The first-order chi connectivity index (χ1) is 9.59. The maximum absolute atomic E-state index is 4.77. The minimum absolute atomic E-state index is 0. The Morgan fingerprint density at radius 2 is 1.81 bits per heavy atom. The Balaban J connectivity index is 0.00000161. The van der Waals surface area contributed by atoms with Gasteiger partial charge in [-0.1, -0.05) is 15.9 Å². The number of halogens is 3. The van der Waals surface area contributed by atoms with Gasteiger partial charge in [0, 0.05) is 36.0 Å². The zero-order chi connectivity index (χ0) is 14.3. The summed E-state index contributed by atoms with van der Waals surface area (Å²) in [5.74, 6) is 0. The molecule has 0 spiro atoms. The van der Waals surface area contributed by atoms with Crippen molar-refractivity contribution in [1.82, 2.24) is 10.3 Å². The molecule has 1 fully saturated rings. The number of aryl methyl sites for hydroxylation is 2. The summed E-state index contributed by atoms with van der Waals surface area (Å²) in [4.78, 5) is 7.22. The molecule has 1 saturated heterocycles. The van der Waals surface area contributed by atoms with Crippen molar-refractivity contribution in [2.24, 2.45) is 0 Å². The molecule has 1 N–H and O–H groups in total. The van der Waals surface area contributed by atoms with Crippen molar-refractivity contribution < 1.29 is 0 Å². The van der Waals surface area contributed by atoms with E-state index in [1.54, 1.807) is 0 Å². The number of nitrogens with zero attached hydrogens (tertiary/aromatic N) is 2. The minimum atomic E-state index is 0. The maximum atomic E-state index is 4.77. The molecular weight excluding hydrogens is 417 g/mol. The Kier molecular flexibility index (Phi) is 5.52. The second kappa shape index (κ2) is 6.82. The number of piperazine rings is 1. The predicted molar refractivity (Wildman–Crippen MR) is 98.9 cm³/mol. The van der Waals surface area contributed by atoms with E-state index in [2.05, 4.69) is 68.1 Å². The van der Waals surface area contributed by atoms with E-state index >= 15 is 0 Å². The van der Waals surface area contributed by atoms with Gasteiger partial charge in [-0.3, -0.25) is 4.98 Å². The molecule has 1 aliphatic rings. The lowest BCUT2D eigenvalue weighted by Gasteiger charge is -2.31. The van der Waals surface area contributed by atoms with Crippen molar-refractivity contribution in [3.63, 3.8) is 0 Å². The number of aromatic nitrogens is 1.